The summed E-state index contributed by atoms with van der Waals surface area (Å²) in [4.78, 5) is 4.86. The molecule has 2 aliphatic heterocycles. The van der Waals surface area contributed by atoms with Gasteiger partial charge in [-0.25, -0.2) is 0 Å². The molecule has 0 saturated carbocycles. The average Bonchev–Trinajstić information content (AvgIpc) is 2.98. The highest BCUT2D eigenvalue weighted by Gasteiger charge is 2.26. The number of hydrogen-bond acceptors (Lipinski definition) is 4. The molecule has 1 N–H and O–H groups in total. The van der Waals surface area contributed by atoms with E-state index in [1.165, 1.54) is 5.56 Å². The van der Waals surface area contributed by atoms with Crippen molar-refractivity contribution in [3.05, 3.63) is 64.2 Å². The zero-order chi connectivity index (χ0) is 17.4. The quantitative estimate of drug-likeness (QED) is 0.819. The minimum atomic E-state index is 0.245. The third-order valence-corrected chi connectivity index (χ3v) is 5.06. The van der Waals surface area contributed by atoms with Crippen LogP contribution in [-0.4, -0.2) is 28.8 Å². The molecule has 4 nitrogen and oxygen atoms in total. The van der Waals surface area contributed by atoms with Gasteiger partial charge in [0.1, 0.15) is 5.75 Å². The smallest absolute Gasteiger partial charge is 0.116 e. The van der Waals surface area contributed by atoms with Crippen molar-refractivity contribution in [3.8, 4) is 5.75 Å². The summed E-state index contributed by atoms with van der Waals surface area (Å²) in [5, 5.41) is 19.3. The van der Waals surface area contributed by atoms with Crippen LogP contribution in [0.5, 0.6) is 5.75 Å². The second-order valence-corrected chi connectivity index (χ2v) is 6.87. The molecule has 0 saturated heterocycles. The lowest BCUT2D eigenvalue weighted by atomic mass is 9.90. The topological polar surface area (TPSA) is 57.3 Å². The molecule has 2 aliphatic rings. The van der Waals surface area contributed by atoms with E-state index < -0.39 is 0 Å². The van der Waals surface area contributed by atoms with E-state index in [1.54, 1.807) is 12.1 Å². The molecule has 4 rings (SSSR count). The fourth-order valence-electron chi connectivity index (χ4n) is 3.44. The SMILES string of the molecule is CC1=NN=C2CN=C(c3ccc(Cl)cc3)c3cc(O)ccc3CCC12. The first-order valence-electron chi connectivity index (χ1n) is 8.35. The molecule has 0 fully saturated rings. The Hall–Kier alpha value is -2.46. The standard InChI is InChI=1S/C20H18ClN3O/c1-12-17-9-5-13-4-8-16(25)10-18(13)20(22-11-19(17)24-23-12)14-2-6-15(21)7-3-14/h2-4,6-8,10,17,25H,5,9,11H2,1H3. The number of aryl methyl sites for hydroxylation is 1. The molecular weight excluding hydrogens is 334 g/mol. The third kappa shape index (κ3) is 3.10. The Morgan fingerprint density at radius 3 is 2.68 bits per heavy atom. The summed E-state index contributed by atoms with van der Waals surface area (Å²) < 4.78 is 0. The highest BCUT2D eigenvalue weighted by Crippen LogP contribution is 2.27. The second kappa shape index (κ2) is 6.45. The fraction of sp³-hybridized carbons (Fsp3) is 0.250. The summed E-state index contributed by atoms with van der Waals surface area (Å²) in [6.07, 6.45) is 1.84. The predicted molar refractivity (Wildman–Crippen MR) is 102 cm³/mol. The van der Waals surface area contributed by atoms with E-state index in [2.05, 4.69) is 10.2 Å². The highest BCUT2D eigenvalue weighted by molar-refractivity contribution is 6.30. The van der Waals surface area contributed by atoms with Gasteiger partial charge in [0.2, 0.25) is 0 Å². The Morgan fingerprint density at radius 2 is 1.88 bits per heavy atom. The van der Waals surface area contributed by atoms with Gasteiger partial charge in [-0.2, -0.15) is 10.2 Å². The molecule has 2 aromatic rings. The first kappa shape index (κ1) is 16.0. The number of nitrogens with zero attached hydrogens (tertiary/aromatic N) is 3. The number of fused-ring (bicyclic) bond motifs is 2. The van der Waals surface area contributed by atoms with Gasteiger partial charge in [0.25, 0.3) is 0 Å². The van der Waals surface area contributed by atoms with Crippen molar-refractivity contribution in [2.24, 2.45) is 21.1 Å². The maximum Gasteiger partial charge on any atom is 0.116 e. The largest absolute Gasteiger partial charge is 0.508 e. The van der Waals surface area contributed by atoms with Crippen LogP contribution in [0.4, 0.5) is 0 Å². The second-order valence-electron chi connectivity index (χ2n) is 6.44. The van der Waals surface area contributed by atoms with Gasteiger partial charge in [-0.15, -0.1) is 0 Å². The maximum atomic E-state index is 10.0. The van der Waals surface area contributed by atoms with Gasteiger partial charge in [0.05, 0.1) is 18.0 Å². The molecule has 0 amide bonds. The van der Waals surface area contributed by atoms with Crippen molar-refractivity contribution in [2.75, 3.05) is 6.54 Å². The summed E-state index contributed by atoms with van der Waals surface area (Å²) >= 11 is 6.04. The van der Waals surface area contributed by atoms with Crippen LogP contribution < -0.4 is 0 Å². The molecule has 1 atom stereocenters. The number of aromatic hydroxyl groups is 1. The third-order valence-electron chi connectivity index (χ3n) is 4.81. The molecule has 2 aromatic carbocycles. The Bertz CT molecular complexity index is 913. The van der Waals surface area contributed by atoms with E-state index in [0.29, 0.717) is 11.6 Å². The van der Waals surface area contributed by atoms with Crippen molar-refractivity contribution < 1.29 is 5.11 Å². The molecule has 0 aromatic heterocycles. The zero-order valence-electron chi connectivity index (χ0n) is 13.9. The van der Waals surface area contributed by atoms with Gasteiger partial charge in [0, 0.05) is 27.8 Å². The van der Waals surface area contributed by atoms with Gasteiger partial charge in [-0.3, -0.25) is 4.99 Å². The van der Waals surface area contributed by atoms with Crippen LogP contribution >= 0.6 is 11.6 Å². The fourth-order valence-corrected chi connectivity index (χ4v) is 3.57. The van der Waals surface area contributed by atoms with Crippen molar-refractivity contribution >= 4 is 28.7 Å². The first-order valence-corrected chi connectivity index (χ1v) is 8.73. The number of benzene rings is 2. The number of hydrogen-bond donors (Lipinski definition) is 1. The van der Waals surface area contributed by atoms with Crippen LogP contribution in [-0.2, 0) is 6.42 Å². The minimum absolute atomic E-state index is 0.245. The van der Waals surface area contributed by atoms with E-state index in [9.17, 15) is 5.11 Å². The van der Waals surface area contributed by atoms with Gasteiger partial charge in [0.15, 0.2) is 0 Å². The Labute approximate surface area is 151 Å². The zero-order valence-corrected chi connectivity index (χ0v) is 14.7. The average molecular weight is 352 g/mol. The summed E-state index contributed by atoms with van der Waals surface area (Å²) in [5.74, 6) is 0.505. The van der Waals surface area contributed by atoms with E-state index in [-0.39, 0.29) is 11.7 Å². The first-order chi connectivity index (χ1) is 12.1. The van der Waals surface area contributed by atoms with Crippen molar-refractivity contribution in [1.29, 1.82) is 0 Å². The number of halogens is 1. The maximum absolute atomic E-state index is 10.0. The number of phenols is 1. The molecule has 1 unspecified atom stereocenters. The van der Waals surface area contributed by atoms with Gasteiger partial charge >= 0.3 is 0 Å². The van der Waals surface area contributed by atoms with E-state index >= 15 is 0 Å². The summed E-state index contributed by atoms with van der Waals surface area (Å²) in [5.41, 5.74) is 6.05. The molecule has 5 heteroatoms. The van der Waals surface area contributed by atoms with Crippen LogP contribution in [0.1, 0.15) is 30.0 Å². The predicted octanol–water partition coefficient (Wildman–Crippen LogP) is 4.28. The van der Waals surface area contributed by atoms with Crippen LogP contribution in [0.2, 0.25) is 5.02 Å². The molecule has 126 valence electrons. The number of phenolic OH excluding ortho intramolecular Hbond substituents is 1. The van der Waals surface area contributed by atoms with Gasteiger partial charge in [-0.1, -0.05) is 29.8 Å². The monoisotopic (exact) mass is 351 g/mol. The molecular formula is C20H18ClN3O. The molecule has 0 radical (unpaired) electrons. The lowest BCUT2D eigenvalue weighted by Crippen LogP contribution is -2.21. The van der Waals surface area contributed by atoms with Crippen molar-refractivity contribution in [1.82, 2.24) is 0 Å². The van der Waals surface area contributed by atoms with Gasteiger partial charge < -0.3 is 5.11 Å². The Morgan fingerprint density at radius 1 is 1.08 bits per heavy atom. The van der Waals surface area contributed by atoms with E-state index in [0.717, 1.165) is 41.1 Å². The van der Waals surface area contributed by atoms with E-state index in [1.807, 2.05) is 37.3 Å². The van der Waals surface area contributed by atoms with E-state index in [4.69, 9.17) is 16.6 Å². The van der Waals surface area contributed by atoms with Crippen LogP contribution in [0.25, 0.3) is 0 Å². The lowest BCUT2D eigenvalue weighted by molar-refractivity contribution is 0.475. The van der Waals surface area contributed by atoms with Crippen LogP contribution in [0, 0.1) is 5.92 Å². The number of rotatable bonds is 1. The highest BCUT2D eigenvalue weighted by atomic mass is 35.5. The van der Waals surface area contributed by atoms with Crippen molar-refractivity contribution in [3.63, 3.8) is 0 Å². The van der Waals surface area contributed by atoms with Crippen molar-refractivity contribution in [2.45, 2.75) is 19.8 Å². The summed E-state index contributed by atoms with van der Waals surface area (Å²) in [7, 11) is 0. The minimum Gasteiger partial charge on any atom is -0.508 e. The Kier molecular flexibility index (Phi) is 4.14. The molecule has 0 bridgehead atoms. The van der Waals surface area contributed by atoms with Crippen LogP contribution in [0.15, 0.2) is 57.7 Å². The summed E-state index contributed by atoms with van der Waals surface area (Å²) in [6, 6.07) is 13.2. The summed E-state index contributed by atoms with van der Waals surface area (Å²) in [6.45, 7) is 2.54. The molecule has 25 heavy (non-hydrogen) atoms. The molecule has 0 aliphatic carbocycles. The normalized spacial score (nSPS) is 19.6. The van der Waals surface area contributed by atoms with Crippen LogP contribution in [0.3, 0.4) is 0 Å². The lowest BCUT2D eigenvalue weighted by Gasteiger charge is -2.13. The van der Waals surface area contributed by atoms with Gasteiger partial charge in [-0.05, 0) is 49.6 Å². The molecule has 0 spiro atoms. The number of aliphatic imine (C=N–C) groups is 1. The molecule has 2 heterocycles. The Balaban J connectivity index is 1.85.